The summed E-state index contributed by atoms with van der Waals surface area (Å²) in [6.07, 6.45) is -1.77. The molecule has 96 valence electrons. The third kappa shape index (κ3) is 2.92. The third-order valence-electron chi connectivity index (χ3n) is 2.21. The molecule has 2 N–H and O–H groups in total. The SMILES string of the molecule is CN(C)C(=O)N(CC(O)O)N1C(=O)CCC1=O. The number of carbonyl (C=O) groups is 3. The molecule has 0 aromatic heterocycles. The lowest BCUT2D eigenvalue weighted by molar-refractivity contribution is -0.159. The quantitative estimate of drug-likeness (QED) is 0.458. The Labute approximate surface area is 98.0 Å². The maximum atomic E-state index is 11.7. The number of aliphatic hydroxyl groups is 2. The Balaban J connectivity index is 2.93. The van der Waals surface area contributed by atoms with Gasteiger partial charge in [-0.05, 0) is 0 Å². The van der Waals surface area contributed by atoms with Crippen molar-refractivity contribution in [2.24, 2.45) is 0 Å². The van der Waals surface area contributed by atoms with Crippen LogP contribution in [0.1, 0.15) is 12.8 Å². The van der Waals surface area contributed by atoms with E-state index in [2.05, 4.69) is 0 Å². The van der Waals surface area contributed by atoms with Crippen molar-refractivity contribution in [2.45, 2.75) is 19.1 Å². The fourth-order valence-corrected chi connectivity index (χ4v) is 1.46. The van der Waals surface area contributed by atoms with Gasteiger partial charge in [0.05, 0.1) is 6.54 Å². The first-order valence-corrected chi connectivity index (χ1v) is 5.05. The standard InChI is InChI=1S/C9H15N3O5/c1-10(2)9(17)11(5-8(15)16)12-6(13)3-4-7(12)14/h8,15-16H,3-5H2,1-2H3. The summed E-state index contributed by atoms with van der Waals surface area (Å²) in [6, 6.07) is -0.665. The topological polar surface area (TPSA) is 101 Å². The van der Waals surface area contributed by atoms with E-state index in [0.29, 0.717) is 5.01 Å². The summed E-state index contributed by atoms with van der Waals surface area (Å²) in [5, 5.41) is 19.2. The first kappa shape index (κ1) is 13.4. The van der Waals surface area contributed by atoms with Crippen LogP contribution in [0.15, 0.2) is 0 Å². The van der Waals surface area contributed by atoms with E-state index >= 15 is 0 Å². The van der Waals surface area contributed by atoms with Gasteiger partial charge < -0.3 is 15.1 Å². The lowest BCUT2D eigenvalue weighted by Crippen LogP contribution is -2.55. The van der Waals surface area contributed by atoms with Crippen LogP contribution in [0.5, 0.6) is 0 Å². The summed E-state index contributed by atoms with van der Waals surface area (Å²) in [5.41, 5.74) is 0. The average Bonchev–Trinajstić information content (AvgIpc) is 2.54. The fraction of sp³-hybridized carbons (Fsp3) is 0.667. The molecule has 1 saturated heterocycles. The Morgan fingerprint density at radius 3 is 2.12 bits per heavy atom. The molecule has 17 heavy (non-hydrogen) atoms. The second-order valence-electron chi connectivity index (χ2n) is 3.84. The molecule has 0 atom stereocenters. The number of hydrazine groups is 1. The van der Waals surface area contributed by atoms with Gasteiger partial charge in [0.25, 0.3) is 0 Å². The molecule has 0 bridgehead atoms. The molecule has 4 amide bonds. The predicted octanol–water partition coefficient (Wildman–Crippen LogP) is -1.66. The van der Waals surface area contributed by atoms with E-state index < -0.39 is 30.7 Å². The monoisotopic (exact) mass is 245 g/mol. The molecular weight excluding hydrogens is 230 g/mol. The highest BCUT2D eigenvalue weighted by atomic mass is 16.5. The van der Waals surface area contributed by atoms with Gasteiger partial charge in [-0.2, -0.15) is 5.01 Å². The van der Waals surface area contributed by atoms with E-state index in [1.807, 2.05) is 0 Å². The smallest absolute Gasteiger partial charge is 0.338 e. The zero-order valence-corrected chi connectivity index (χ0v) is 9.66. The molecule has 1 heterocycles. The molecule has 0 spiro atoms. The molecule has 1 aliphatic rings. The average molecular weight is 245 g/mol. The Morgan fingerprint density at radius 2 is 1.76 bits per heavy atom. The number of nitrogens with zero attached hydrogens (tertiary/aromatic N) is 3. The van der Waals surface area contributed by atoms with E-state index in [4.69, 9.17) is 10.2 Å². The number of rotatable bonds is 3. The Morgan fingerprint density at radius 1 is 1.29 bits per heavy atom. The fourth-order valence-electron chi connectivity index (χ4n) is 1.46. The van der Waals surface area contributed by atoms with Crippen molar-refractivity contribution in [1.29, 1.82) is 0 Å². The largest absolute Gasteiger partial charge is 0.367 e. The highest BCUT2D eigenvalue weighted by molar-refractivity contribution is 6.03. The van der Waals surface area contributed by atoms with Gasteiger partial charge in [0, 0.05) is 26.9 Å². The highest BCUT2D eigenvalue weighted by Gasteiger charge is 2.37. The minimum atomic E-state index is -1.82. The lowest BCUT2D eigenvalue weighted by atomic mass is 10.4. The van der Waals surface area contributed by atoms with Crippen LogP contribution in [0, 0.1) is 0 Å². The molecule has 1 fully saturated rings. The first-order valence-electron chi connectivity index (χ1n) is 5.05. The number of carbonyl (C=O) groups excluding carboxylic acids is 3. The van der Waals surface area contributed by atoms with Gasteiger partial charge >= 0.3 is 6.03 Å². The van der Waals surface area contributed by atoms with E-state index in [1.165, 1.54) is 14.1 Å². The normalized spacial score (nSPS) is 15.7. The van der Waals surface area contributed by atoms with Crippen LogP contribution >= 0.6 is 0 Å². The number of aliphatic hydroxyl groups excluding tert-OH is 1. The van der Waals surface area contributed by atoms with Gasteiger partial charge in [-0.3, -0.25) is 9.59 Å². The second-order valence-corrected chi connectivity index (χ2v) is 3.84. The zero-order valence-electron chi connectivity index (χ0n) is 9.66. The molecule has 0 aliphatic carbocycles. The molecule has 8 heteroatoms. The molecule has 1 rings (SSSR count). The summed E-state index contributed by atoms with van der Waals surface area (Å²) >= 11 is 0. The maximum Gasteiger partial charge on any atom is 0.338 e. The van der Waals surface area contributed by atoms with Crippen LogP contribution < -0.4 is 0 Å². The van der Waals surface area contributed by atoms with Crippen LogP contribution in [0.2, 0.25) is 0 Å². The van der Waals surface area contributed by atoms with Crippen molar-refractivity contribution < 1.29 is 24.6 Å². The third-order valence-corrected chi connectivity index (χ3v) is 2.21. The summed E-state index contributed by atoms with van der Waals surface area (Å²) in [5.74, 6) is -1.04. The summed E-state index contributed by atoms with van der Waals surface area (Å²) in [7, 11) is 2.87. The van der Waals surface area contributed by atoms with Crippen molar-refractivity contribution in [3.63, 3.8) is 0 Å². The van der Waals surface area contributed by atoms with Crippen molar-refractivity contribution in [3.8, 4) is 0 Å². The maximum absolute atomic E-state index is 11.7. The van der Waals surface area contributed by atoms with Crippen molar-refractivity contribution >= 4 is 17.8 Å². The van der Waals surface area contributed by atoms with E-state index in [9.17, 15) is 14.4 Å². The Bertz CT molecular complexity index is 326. The van der Waals surface area contributed by atoms with Gasteiger partial charge in [-0.1, -0.05) is 0 Å². The summed E-state index contributed by atoms with van der Waals surface area (Å²) in [4.78, 5) is 35.8. The number of imide groups is 1. The van der Waals surface area contributed by atoms with E-state index in [1.54, 1.807) is 0 Å². The highest BCUT2D eigenvalue weighted by Crippen LogP contribution is 2.16. The van der Waals surface area contributed by atoms with Crippen LogP contribution in [0.4, 0.5) is 4.79 Å². The second kappa shape index (κ2) is 5.11. The van der Waals surface area contributed by atoms with Crippen LogP contribution in [0.3, 0.4) is 0 Å². The van der Waals surface area contributed by atoms with Crippen LogP contribution in [0.25, 0.3) is 0 Å². The van der Waals surface area contributed by atoms with E-state index in [0.717, 1.165) is 9.91 Å². The van der Waals surface area contributed by atoms with Crippen LogP contribution in [-0.4, -0.2) is 69.9 Å². The van der Waals surface area contributed by atoms with Gasteiger partial charge in [0.15, 0.2) is 6.29 Å². The van der Waals surface area contributed by atoms with Gasteiger partial charge in [0.1, 0.15) is 0 Å². The zero-order chi connectivity index (χ0) is 13.2. The molecule has 0 aromatic carbocycles. The lowest BCUT2D eigenvalue weighted by Gasteiger charge is -2.32. The molecular formula is C9H15N3O5. The number of amides is 4. The number of urea groups is 1. The van der Waals surface area contributed by atoms with Crippen molar-refractivity contribution in [3.05, 3.63) is 0 Å². The molecule has 0 aromatic rings. The predicted molar refractivity (Wildman–Crippen MR) is 55.1 cm³/mol. The molecule has 0 radical (unpaired) electrons. The minimum absolute atomic E-state index is 0.0254. The van der Waals surface area contributed by atoms with Crippen molar-refractivity contribution in [2.75, 3.05) is 20.6 Å². The molecule has 8 nitrogen and oxygen atoms in total. The number of hydrogen-bond donors (Lipinski definition) is 2. The molecule has 0 saturated carbocycles. The van der Waals surface area contributed by atoms with Gasteiger partial charge in [-0.25, -0.2) is 9.80 Å². The summed E-state index contributed by atoms with van der Waals surface area (Å²) in [6.45, 7) is -0.533. The molecule has 1 aliphatic heterocycles. The van der Waals surface area contributed by atoms with Gasteiger partial charge in [-0.15, -0.1) is 0 Å². The van der Waals surface area contributed by atoms with Crippen LogP contribution in [-0.2, 0) is 9.59 Å². The molecule has 0 unspecified atom stereocenters. The van der Waals surface area contributed by atoms with Crippen molar-refractivity contribution in [1.82, 2.24) is 14.9 Å². The Hall–Kier alpha value is -1.67. The summed E-state index contributed by atoms with van der Waals surface area (Å²) < 4.78 is 0. The van der Waals surface area contributed by atoms with E-state index in [-0.39, 0.29) is 12.8 Å². The minimum Gasteiger partial charge on any atom is -0.367 e. The first-order chi connectivity index (χ1) is 7.84. The number of hydrogen-bond acceptors (Lipinski definition) is 5. The Kier molecular flexibility index (Phi) is 4.02. The van der Waals surface area contributed by atoms with Gasteiger partial charge in [0.2, 0.25) is 11.8 Å².